The number of nitrogens with one attached hydrogen (secondary N) is 1. The average Bonchev–Trinajstić information content (AvgIpc) is 2.74. The Morgan fingerprint density at radius 1 is 0.971 bits per heavy atom. The van der Waals surface area contributed by atoms with E-state index in [0.717, 1.165) is 22.9 Å². The fraction of sp³-hybridized carbons (Fsp3) is 0.462. The summed E-state index contributed by atoms with van der Waals surface area (Å²) in [6.45, 7) is 9.88. The molecule has 2 rings (SSSR count). The van der Waals surface area contributed by atoms with Gasteiger partial charge in [-0.25, -0.2) is 8.42 Å². The lowest BCUT2D eigenvalue weighted by atomic mass is 10.1. The predicted molar refractivity (Wildman–Crippen MR) is 137 cm³/mol. The van der Waals surface area contributed by atoms with E-state index in [1.165, 1.54) is 4.31 Å². The van der Waals surface area contributed by atoms with Crippen molar-refractivity contribution >= 4 is 27.5 Å². The summed E-state index contributed by atoms with van der Waals surface area (Å²) in [6, 6.07) is 14.4. The first-order valence-electron chi connectivity index (χ1n) is 11.6. The van der Waals surface area contributed by atoms with Crippen molar-refractivity contribution in [3.8, 4) is 0 Å². The number of carbonyl (C=O) groups is 2. The molecule has 0 aromatic heterocycles. The summed E-state index contributed by atoms with van der Waals surface area (Å²) in [7, 11) is -3.50. The number of carbonyl (C=O) groups excluding carboxylic acids is 2. The van der Waals surface area contributed by atoms with Crippen LogP contribution in [0.2, 0.25) is 0 Å². The molecule has 0 fully saturated rings. The highest BCUT2D eigenvalue weighted by molar-refractivity contribution is 7.92. The molecule has 186 valence electrons. The van der Waals surface area contributed by atoms with E-state index in [1.807, 2.05) is 64.1 Å². The average molecular weight is 488 g/mol. The summed E-state index contributed by atoms with van der Waals surface area (Å²) >= 11 is 0. The molecule has 7 nitrogen and oxygen atoms in total. The van der Waals surface area contributed by atoms with Crippen LogP contribution in [0.15, 0.2) is 48.5 Å². The molecule has 0 radical (unpaired) electrons. The van der Waals surface area contributed by atoms with Gasteiger partial charge in [-0.05, 0) is 58.7 Å². The summed E-state index contributed by atoms with van der Waals surface area (Å²) < 4.78 is 26.1. The molecule has 0 saturated heterocycles. The topological polar surface area (TPSA) is 86.8 Å². The van der Waals surface area contributed by atoms with Crippen LogP contribution in [0.1, 0.15) is 50.3 Å². The van der Waals surface area contributed by atoms with Crippen molar-refractivity contribution in [2.75, 3.05) is 17.1 Å². The van der Waals surface area contributed by atoms with Gasteiger partial charge < -0.3 is 10.2 Å². The van der Waals surface area contributed by atoms with Gasteiger partial charge in [0.15, 0.2) is 0 Å². The van der Waals surface area contributed by atoms with Gasteiger partial charge in [0.25, 0.3) is 0 Å². The first-order valence-corrected chi connectivity index (χ1v) is 13.4. The fourth-order valence-corrected chi connectivity index (χ4v) is 4.68. The zero-order valence-electron chi connectivity index (χ0n) is 21.0. The highest BCUT2D eigenvalue weighted by Gasteiger charge is 2.27. The Kier molecular flexibility index (Phi) is 9.67. The molecule has 34 heavy (non-hydrogen) atoms. The van der Waals surface area contributed by atoms with Crippen LogP contribution in [0.25, 0.3) is 0 Å². The highest BCUT2D eigenvalue weighted by Crippen LogP contribution is 2.20. The van der Waals surface area contributed by atoms with Crippen LogP contribution in [0.3, 0.4) is 0 Å². The third-order valence-corrected chi connectivity index (χ3v) is 6.70. The van der Waals surface area contributed by atoms with Crippen LogP contribution >= 0.6 is 0 Å². The van der Waals surface area contributed by atoms with Crippen molar-refractivity contribution in [2.24, 2.45) is 0 Å². The van der Waals surface area contributed by atoms with E-state index in [0.29, 0.717) is 18.7 Å². The number of sulfonamides is 1. The molecule has 0 spiro atoms. The van der Waals surface area contributed by atoms with E-state index in [-0.39, 0.29) is 30.8 Å². The van der Waals surface area contributed by atoms with E-state index < -0.39 is 16.1 Å². The molecule has 0 heterocycles. The minimum atomic E-state index is -3.50. The highest BCUT2D eigenvalue weighted by atomic mass is 32.2. The van der Waals surface area contributed by atoms with E-state index in [9.17, 15) is 18.0 Å². The van der Waals surface area contributed by atoms with Gasteiger partial charge in [0.2, 0.25) is 21.8 Å². The Hall–Kier alpha value is -2.87. The maximum Gasteiger partial charge on any atom is 0.242 e. The van der Waals surface area contributed by atoms with E-state index in [1.54, 1.807) is 24.0 Å². The summed E-state index contributed by atoms with van der Waals surface area (Å²) in [5, 5.41) is 2.87. The number of nitrogens with zero attached hydrogens (tertiary/aromatic N) is 2. The predicted octanol–water partition coefficient (Wildman–Crippen LogP) is 3.79. The van der Waals surface area contributed by atoms with Crippen molar-refractivity contribution in [1.29, 1.82) is 0 Å². The van der Waals surface area contributed by atoms with Crippen LogP contribution in [0.4, 0.5) is 5.69 Å². The van der Waals surface area contributed by atoms with E-state index >= 15 is 0 Å². The van der Waals surface area contributed by atoms with Gasteiger partial charge >= 0.3 is 0 Å². The van der Waals surface area contributed by atoms with E-state index in [4.69, 9.17) is 0 Å². The Labute approximate surface area is 204 Å². The number of hydrogen-bond acceptors (Lipinski definition) is 4. The van der Waals surface area contributed by atoms with Gasteiger partial charge in [0.1, 0.15) is 6.04 Å². The fourth-order valence-electron chi connectivity index (χ4n) is 3.71. The van der Waals surface area contributed by atoms with Crippen molar-refractivity contribution in [3.63, 3.8) is 0 Å². The second kappa shape index (κ2) is 12.0. The first kappa shape index (κ1) is 27.4. The summed E-state index contributed by atoms with van der Waals surface area (Å²) in [4.78, 5) is 27.5. The summed E-state index contributed by atoms with van der Waals surface area (Å²) in [5.41, 5.74) is 3.62. The van der Waals surface area contributed by atoms with Gasteiger partial charge in [-0.1, -0.05) is 47.5 Å². The molecule has 2 aromatic rings. The molecule has 2 amide bonds. The van der Waals surface area contributed by atoms with Crippen LogP contribution in [-0.4, -0.2) is 50.0 Å². The minimum absolute atomic E-state index is 0.0382. The lowest BCUT2D eigenvalue weighted by Gasteiger charge is -2.30. The van der Waals surface area contributed by atoms with Crippen molar-refractivity contribution in [3.05, 3.63) is 65.2 Å². The first-order chi connectivity index (χ1) is 15.9. The number of amides is 2. The lowest BCUT2D eigenvalue weighted by Crippen LogP contribution is -2.49. The molecule has 0 unspecified atom stereocenters. The standard InChI is InChI=1S/C26H37N3O4S/c1-19(2)27-26(31)22(5)28(18-23-10-7-9-21(4)17-23)25(30)11-8-16-29(34(6,32)33)24-14-12-20(3)13-15-24/h7,9-10,12-15,17,19,22H,8,11,16,18H2,1-6H3,(H,27,31)/t22-/m0/s1. The number of anilines is 1. The maximum atomic E-state index is 13.3. The molecular weight excluding hydrogens is 450 g/mol. The number of benzene rings is 2. The zero-order chi connectivity index (χ0) is 25.5. The Morgan fingerprint density at radius 2 is 1.62 bits per heavy atom. The summed E-state index contributed by atoms with van der Waals surface area (Å²) in [5.74, 6) is -0.404. The van der Waals surface area contributed by atoms with Crippen molar-refractivity contribution in [1.82, 2.24) is 10.2 Å². The molecule has 0 aliphatic heterocycles. The Morgan fingerprint density at radius 3 is 2.18 bits per heavy atom. The molecule has 1 atom stereocenters. The Balaban J connectivity index is 2.16. The smallest absolute Gasteiger partial charge is 0.242 e. The van der Waals surface area contributed by atoms with Crippen LogP contribution in [0, 0.1) is 13.8 Å². The second-order valence-corrected chi connectivity index (χ2v) is 11.0. The van der Waals surface area contributed by atoms with Gasteiger partial charge in [-0.15, -0.1) is 0 Å². The Bertz CT molecular complexity index is 1080. The third kappa shape index (κ3) is 8.17. The lowest BCUT2D eigenvalue weighted by molar-refractivity contribution is -0.140. The van der Waals surface area contributed by atoms with Gasteiger partial charge in [-0.3, -0.25) is 13.9 Å². The van der Waals surface area contributed by atoms with Gasteiger partial charge in [-0.2, -0.15) is 0 Å². The molecular formula is C26H37N3O4S. The maximum absolute atomic E-state index is 13.3. The molecule has 1 N–H and O–H groups in total. The molecule has 0 saturated carbocycles. The van der Waals surface area contributed by atoms with Crippen LogP contribution < -0.4 is 9.62 Å². The number of aryl methyl sites for hydroxylation is 2. The molecule has 0 aliphatic rings. The van der Waals surface area contributed by atoms with Gasteiger partial charge in [0, 0.05) is 25.6 Å². The largest absolute Gasteiger partial charge is 0.352 e. The zero-order valence-corrected chi connectivity index (χ0v) is 21.9. The molecule has 0 aliphatic carbocycles. The molecule has 0 bridgehead atoms. The summed E-state index contributed by atoms with van der Waals surface area (Å²) in [6.07, 6.45) is 1.63. The molecule has 2 aromatic carbocycles. The normalized spacial score (nSPS) is 12.3. The van der Waals surface area contributed by atoms with E-state index in [2.05, 4.69) is 5.32 Å². The van der Waals surface area contributed by atoms with Crippen molar-refractivity contribution in [2.45, 2.75) is 66.1 Å². The quantitative estimate of drug-likeness (QED) is 0.522. The van der Waals surface area contributed by atoms with Crippen molar-refractivity contribution < 1.29 is 18.0 Å². The third-order valence-electron chi connectivity index (χ3n) is 5.51. The second-order valence-electron chi connectivity index (χ2n) is 9.12. The van der Waals surface area contributed by atoms with Crippen LogP contribution in [0.5, 0.6) is 0 Å². The number of hydrogen-bond donors (Lipinski definition) is 1. The monoisotopic (exact) mass is 487 g/mol. The number of rotatable bonds is 11. The van der Waals surface area contributed by atoms with Crippen LogP contribution in [-0.2, 0) is 26.2 Å². The minimum Gasteiger partial charge on any atom is -0.352 e. The molecule has 8 heteroatoms. The van der Waals surface area contributed by atoms with Gasteiger partial charge in [0.05, 0.1) is 11.9 Å². The SMILES string of the molecule is Cc1ccc(N(CCCC(=O)N(Cc2cccc(C)c2)[C@@H](C)C(=O)NC(C)C)S(C)(=O)=O)cc1.